The molecule has 0 aromatic heterocycles. The summed E-state index contributed by atoms with van der Waals surface area (Å²) < 4.78 is 5.05. The summed E-state index contributed by atoms with van der Waals surface area (Å²) >= 11 is 0. The molecule has 0 bridgehead atoms. The minimum Gasteiger partial charge on any atom is -0.506 e. The van der Waals surface area contributed by atoms with Crippen LogP contribution in [0.2, 0.25) is 0 Å². The topological polar surface area (TPSA) is 102 Å². The number of nitrogens with one attached hydrogen (secondary N) is 1. The van der Waals surface area contributed by atoms with E-state index < -0.39 is 11.7 Å². The Labute approximate surface area is 111 Å². The molecule has 4 N–H and O–H groups in total. The Morgan fingerprint density at radius 1 is 1.37 bits per heavy atom. The van der Waals surface area contributed by atoms with Crippen LogP contribution in [-0.2, 0) is 4.74 Å². The second-order valence-electron chi connectivity index (χ2n) is 4.99. The van der Waals surface area contributed by atoms with E-state index >= 15 is 0 Å². The van der Waals surface area contributed by atoms with Gasteiger partial charge < -0.3 is 15.6 Å². The molecular formula is C13H18N2O4. The van der Waals surface area contributed by atoms with Crippen molar-refractivity contribution in [1.29, 1.82) is 0 Å². The van der Waals surface area contributed by atoms with E-state index in [1.165, 1.54) is 18.2 Å². The van der Waals surface area contributed by atoms with Gasteiger partial charge in [0, 0.05) is 5.56 Å². The minimum atomic E-state index is -0.680. The number of phenols is 1. The standard InChI is InChI=1S/C13H18N2O4/c1-13(2,3)19-12(18)15-9-5-4-8(6-10(9)16)11(17)7-14/h4-6,16H,7,14H2,1-3H3,(H,15,18). The van der Waals surface area contributed by atoms with Gasteiger partial charge in [0.25, 0.3) is 0 Å². The van der Waals surface area contributed by atoms with Crippen LogP contribution >= 0.6 is 0 Å². The molecule has 104 valence electrons. The van der Waals surface area contributed by atoms with E-state index in [0.717, 1.165) is 0 Å². The van der Waals surface area contributed by atoms with Gasteiger partial charge >= 0.3 is 6.09 Å². The molecule has 0 atom stereocenters. The Kier molecular flexibility index (Phi) is 4.50. The molecule has 1 rings (SSSR count). The number of amides is 1. The summed E-state index contributed by atoms with van der Waals surface area (Å²) in [6, 6.07) is 4.14. The summed E-state index contributed by atoms with van der Waals surface area (Å²) in [5, 5.41) is 12.1. The number of carbonyl (C=O) groups excluding carboxylic acids is 2. The van der Waals surface area contributed by atoms with Crippen molar-refractivity contribution in [2.45, 2.75) is 26.4 Å². The number of phenolic OH excluding ortho intramolecular Hbond substituents is 1. The van der Waals surface area contributed by atoms with Gasteiger partial charge in [-0.25, -0.2) is 4.79 Å². The van der Waals surface area contributed by atoms with Crippen LogP contribution in [0.3, 0.4) is 0 Å². The van der Waals surface area contributed by atoms with Gasteiger partial charge in [0.05, 0.1) is 12.2 Å². The number of nitrogens with two attached hydrogens (primary N) is 1. The molecule has 19 heavy (non-hydrogen) atoms. The monoisotopic (exact) mass is 266 g/mol. The molecule has 0 saturated carbocycles. The fourth-order valence-corrected chi connectivity index (χ4v) is 1.34. The average Bonchev–Trinajstić information content (AvgIpc) is 2.28. The van der Waals surface area contributed by atoms with Gasteiger partial charge in [-0.2, -0.15) is 0 Å². The van der Waals surface area contributed by atoms with E-state index in [-0.39, 0.29) is 29.3 Å². The number of benzene rings is 1. The third-order valence-electron chi connectivity index (χ3n) is 2.14. The molecule has 0 aliphatic rings. The quantitative estimate of drug-likeness (QED) is 0.572. The highest BCUT2D eigenvalue weighted by Crippen LogP contribution is 2.25. The Hall–Kier alpha value is -2.08. The fourth-order valence-electron chi connectivity index (χ4n) is 1.34. The number of aromatic hydroxyl groups is 1. The number of carbonyl (C=O) groups is 2. The first-order chi connectivity index (χ1) is 8.73. The third kappa shape index (κ3) is 4.59. The molecule has 0 spiro atoms. The maximum Gasteiger partial charge on any atom is 0.412 e. The summed E-state index contributed by atoms with van der Waals surface area (Å²) in [5.74, 6) is -0.510. The second kappa shape index (κ2) is 5.71. The van der Waals surface area contributed by atoms with Crippen LogP contribution in [0.1, 0.15) is 31.1 Å². The number of anilines is 1. The molecule has 0 heterocycles. The van der Waals surface area contributed by atoms with Gasteiger partial charge in [0.15, 0.2) is 5.78 Å². The maximum atomic E-state index is 11.5. The molecule has 0 unspecified atom stereocenters. The van der Waals surface area contributed by atoms with Crippen LogP contribution in [0.5, 0.6) is 5.75 Å². The number of ketones is 1. The number of Topliss-reactive ketones (excluding diaryl/α,β-unsaturated/α-hetero) is 1. The van der Waals surface area contributed by atoms with Crippen molar-refractivity contribution in [1.82, 2.24) is 0 Å². The van der Waals surface area contributed by atoms with Gasteiger partial charge in [0.1, 0.15) is 11.4 Å². The molecule has 1 aromatic carbocycles. The molecule has 0 radical (unpaired) electrons. The third-order valence-corrected chi connectivity index (χ3v) is 2.14. The van der Waals surface area contributed by atoms with Crippen LogP contribution in [-0.4, -0.2) is 29.1 Å². The first-order valence-electron chi connectivity index (χ1n) is 5.79. The van der Waals surface area contributed by atoms with E-state index in [1.807, 2.05) is 0 Å². The highest BCUT2D eigenvalue weighted by molar-refractivity contribution is 5.99. The summed E-state index contributed by atoms with van der Waals surface area (Å²) in [6.45, 7) is 5.05. The molecule has 0 fully saturated rings. The zero-order valence-electron chi connectivity index (χ0n) is 11.2. The van der Waals surface area contributed by atoms with Crippen LogP contribution in [0.25, 0.3) is 0 Å². The summed E-state index contributed by atoms with van der Waals surface area (Å²) in [5.41, 5.74) is 5.05. The van der Waals surface area contributed by atoms with Gasteiger partial charge in [-0.15, -0.1) is 0 Å². The zero-order valence-corrected chi connectivity index (χ0v) is 11.2. The van der Waals surface area contributed by atoms with Crippen molar-refractivity contribution < 1.29 is 19.4 Å². The number of rotatable bonds is 3. The maximum absolute atomic E-state index is 11.5. The van der Waals surface area contributed by atoms with Crippen molar-refractivity contribution in [2.75, 3.05) is 11.9 Å². The van der Waals surface area contributed by atoms with Crippen LogP contribution < -0.4 is 11.1 Å². The van der Waals surface area contributed by atoms with Crippen molar-refractivity contribution in [3.05, 3.63) is 23.8 Å². The predicted molar refractivity (Wildman–Crippen MR) is 71.3 cm³/mol. The Balaban J connectivity index is 2.81. The van der Waals surface area contributed by atoms with E-state index in [0.29, 0.717) is 0 Å². The van der Waals surface area contributed by atoms with Crippen molar-refractivity contribution in [3.8, 4) is 5.75 Å². The molecule has 6 heteroatoms. The van der Waals surface area contributed by atoms with E-state index in [9.17, 15) is 14.7 Å². The molecule has 0 saturated heterocycles. The lowest BCUT2D eigenvalue weighted by Crippen LogP contribution is -2.27. The number of hydrogen-bond acceptors (Lipinski definition) is 5. The van der Waals surface area contributed by atoms with Crippen LogP contribution in [0.4, 0.5) is 10.5 Å². The molecule has 1 aromatic rings. The normalized spacial score (nSPS) is 10.9. The van der Waals surface area contributed by atoms with Gasteiger partial charge in [0.2, 0.25) is 0 Å². The predicted octanol–water partition coefficient (Wildman–Crippen LogP) is 1.88. The first-order valence-corrected chi connectivity index (χ1v) is 5.79. The van der Waals surface area contributed by atoms with E-state index in [4.69, 9.17) is 10.5 Å². The second-order valence-corrected chi connectivity index (χ2v) is 4.99. The van der Waals surface area contributed by atoms with Crippen molar-refractivity contribution in [2.24, 2.45) is 5.73 Å². The summed E-state index contributed by atoms with van der Waals surface area (Å²) in [7, 11) is 0. The highest BCUT2D eigenvalue weighted by atomic mass is 16.6. The lowest BCUT2D eigenvalue weighted by atomic mass is 10.1. The van der Waals surface area contributed by atoms with E-state index in [1.54, 1.807) is 20.8 Å². The molecular weight excluding hydrogens is 248 g/mol. The molecule has 1 amide bonds. The van der Waals surface area contributed by atoms with Crippen LogP contribution in [0.15, 0.2) is 18.2 Å². The SMILES string of the molecule is CC(C)(C)OC(=O)Nc1ccc(C(=O)CN)cc1O. The molecule has 0 aliphatic heterocycles. The largest absolute Gasteiger partial charge is 0.506 e. The Bertz CT molecular complexity index is 492. The number of hydrogen-bond donors (Lipinski definition) is 3. The highest BCUT2D eigenvalue weighted by Gasteiger charge is 2.17. The zero-order chi connectivity index (χ0) is 14.6. The van der Waals surface area contributed by atoms with Gasteiger partial charge in [-0.05, 0) is 39.0 Å². The molecule has 0 aliphatic carbocycles. The van der Waals surface area contributed by atoms with Gasteiger partial charge in [-0.3, -0.25) is 10.1 Å². The van der Waals surface area contributed by atoms with Crippen molar-refractivity contribution in [3.63, 3.8) is 0 Å². The fraction of sp³-hybridized carbons (Fsp3) is 0.385. The van der Waals surface area contributed by atoms with Crippen LogP contribution in [0, 0.1) is 0 Å². The first kappa shape index (κ1) is 15.0. The smallest absolute Gasteiger partial charge is 0.412 e. The average molecular weight is 266 g/mol. The van der Waals surface area contributed by atoms with E-state index in [2.05, 4.69) is 5.32 Å². The minimum absolute atomic E-state index is 0.141. The Morgan fingerprint density at radius 3 is 2.47 bits per heavy atom. The summed E-state index contributed by atoms with van der Waals surface area (Å²) in [6.07, 6.45) is -0.680. The lowest BCUT2D eigenvalue weighted by Gasteiger charge is -2.20. The molecule has 6 nitrogen and oxygen atoms in total. The van der Waals surface area contributed by atoms with Crippen molar-refractivity contribution >= 4 is 17.6 Å². The van der Waals surface area contributed by atoms with Gasteiger partial charge in [-0.1, -0.05) is 0 Å². The number of ether oxygens (including phenoxy) is 1. The Morgan fingerprint density at radius 2 is 2.00 bits per heavy atom. The summed E-state index contributed by atoms with van der Waals surface area (Å²) in [4.78, 5) is 22.9. The lowest BCUT2D eigenvalue weighted by molar-refractivity contribution is 0.0635.